The lowest BCUT2D eigenvalue weighted by molar-refractivity contribution is -0.0829. The van der Waals surface area contributed by atoms with Crippen molar-refractivity contribution in [3.05, 3.63) is 41.6 Å². The van der Waals surface area contributed by atoms with E-state index in [1.807, 2.05) is 18.2 Å². The van der Waals surface area contributed by atoms with Crippen LogP contribution in [0.5, 0.6) is 0 Å². The second kappa shape index (κ2) is 6.38. The lowest BCUT2D eigenvalue weighted by atomic mass is 9.75. The summed E-state index contributed by atoms with van der Waals surface area (Å²) in [5, 5.41) is 6.04. The fraction of sp³-hybridized carbons (Fsp3) is 0.421. The number of hydrogen-bond acceptors (Lipinski definition) is 8. The summed E-state index contributed by atoms with van der Waals surface area (Å²) in [7, 11) is 0. The molecule has 27 heavy (non-hydrogen) atoms. The van der Waals surface area contributed by atoms with Crippen LogP contribution < -0.4 is 5.32 Å². The molecule has 2 aromatic rings. The minimum Gasteiger partial charge on any atom is -0.455 e. The van der Waals surface area contributed by atoms with Gasteiger partial charge in [0.1, 0.15) is 11.4 Å². The first-order valence-corrected chi connectivity index (χ1v) is 9.23. The van der Waals surface area contributed by atoms with Crippen molar-refractivity contribution in [3.63, 3.8) is 0 Å². The number of anilines is 1. The maximum atomic E-state index is 10.5. The van der Waals surface area contributed by atoms with Crippen molar-refractivity contribution in [1.82, 2.24) is 14.9 Å². The van der Waals surface area contributed by atoms with E-state index in [4.69, 9.17) is 4.74 Å². The number of aliphatic imine (C=N–C) groups is 1. The van der Waals surface area contributed by atoms with E-state index in [9.17, 15) is 4.91 Å². The van der Waals surface area contributed by atoms with E-state index in [0.717, 1.165) is 17.7 Å². The lowest BCUT2D eigenvalue weighted by Gasteiger charge is -2.50. The molecule has 1 spiro atoms. The van der Waals surface area contributed by atoms with Crippen LogP contribution in [0.1, 0.15) is 12.8 Å². The number of pyridine rings is 2. The van der Waals surface area contributed by atoms with Crippen molar-refractivity contribution in [1.29, 1.82) is 0 Å². The summed E-state index contributed by atoms with van der Waals surface area (Å²) in [5.74, 6) is 1.42. The number of aromatic nitrogens is 2. The minimum atomic E-state index is -0.169. The SMILES string of the molecule is O=Nc1ccc(-c2ccnc(NC3=NCC4(CN5CCC4CC5)O3)c2)cn1. The van der Waals surface area contributed by atoms with Gasteiger partial charge in [0.15, 0.2) is 5.82 Å². The molecule has 138 valence electrons. The van der Waals surface area contributed by atoms with Crippen molar-refractivity contribution < 1.29 is 4.74 Å². The highest BCUT2D eigenvalue weighted by Gasteiger charge is 2.51. The largest absolute Gasteiger partial charge is 0.455 e. The smallest absolute Gasteiger partial charge is 0.291 e. The van der Waals surface area contributed by atoms with Crippen LogP contribution in [0.15, 0.2) is 46.8 Å². The molecular formula is C19H20N6O2. The van der Waals surface area contributed by atoms with Crippen molar-refractivity contribution in [2.45, 2.75) is 18.4 Å². The van der Waals surface area contributed by atoms with E-state index in [2.05, 4.69) is 30.4 Å². The average molecular weight is 364 g/mol. The van der Waals surface area contributed by atoms with Crippen molar-refractivity contribution in [3.8, 4) is 11.1 Å². The molecule has 0 amide bonds. The molecule has 4 aliphatic rings. The zero-order valence-corrected chi connectivity index (χ0v) is 14.8. The van der Waals surface area contributed by atoms with E-state index >= 15 is 0 Å². The summed E-state index contributed by atoms with van der Waals surface area (Å²) >= 11 is 0. The highest BCUT2D eigenvalue weighted by atomic mass is 16.5. The van der Waals surface area contributed by atoms with Crippen LogP contribution in [-0.4, -0.2) is 52.7 Å². The number of rotatable bonds is 3. The third-order valence-corrected chi connectivity index (χ3v) is 5.78. The standard InChI is InChI=1S/C19H20N6O2/c26-24-16-2-1-14(10-21-16)13-3-6-20-17(9-13)23-18-22-11-19(27-18)12-25-7-4-15(19)5-8-25/h1-3,6,9-10,15H,4-5,7-8,11-12H2,(H,20,22,23). The molecule has 1 unspecified atom stereocenters. The number of hydrogen-bond donors (Lipinski definition) is 1. The Labute approximate surface area is 156 Å². The van der Waals surface area contributed by atoms with Crippen LogP contribution in [-0.2, 0) is 4.74 Å². The van der Waals surface area contributed by atoms with Gasteiger partial charge < -0.3 is 4.74 Å². The van der Waals surface area contributed by atoms with E-state index in [1.54, 1.807) is 18.5 Å². The average Bonchev–Trinajstić information content (AvgIpc) is 3.11. The quantitative estimate of drug-likeness (QED) is 0.842. The number of piperidine rings is 3. The Kier molecular flexibility index (Phi) is 3.86. The summed E-state index contributed by atoms with van der Waals surface area (Å²) in [4.78, 5) is 26.0. The van der Waals surface area contributed by atoms with Gasteiger partial charge in [-0.2, -0.15) is 0 Å². The van der Waals surface area contributed by atoms with E-state index in [-0.39, 0.29) is 11.4 Å². The highest BCUT2D eigenvalue weighted by Crippen LogP contribution is 2.40. The second-order valence-corrected chi connectivity index (χ2v) is 7.39. The van der Waals surface area contributed by atoms with Gasteiger partial charge >= 0.3 is 0 Å². The van der Waals surface area contributed by atoms with Gasteiger partial charge in [-0.25, -0.2) is 15.0 Å². The van der Waals surface area contributed by atoms with E-state index < -0.39 is 0 Å². The summed E-state index contributed by atoms with van der Waals surface area (Å²) in [6.07, 6.45) is 5.73. The fourth-order valence-corrected chi connectivity index (χ4v) is 4.35. The monoisotopic (exact) mass is 364 g/mol. The van der Waals surface area contributed by atoms with Crippen molar-refractivity contribution in [2.24, 2.45) is 16.1 Å². The Bertz CT molecular complexity index is 891. The minimum absolute atomic E-state index is 0.169. The zero-order valence-electron chi connectivity index (χ0n) is 14.8. The summed E-state index contributed by atoms with van der Waals surface area (Å²) in [6.45, 7) is 4.02. The molecule has 6 heterocycles. The molecule has 2 bridgehead atoms. The predicted octanol–water partition coefficient (Wildman–Crippen LogP) is 2.80. The molecule has 8 nitrogen and oxygen atoms in total. The van der Waals surface area contributed by atoms with Gasteiger partial charge in [-0.1, -0.05) is 0 Å². The predicted molar refractivity (Wildman–Crippen MR) is 102 cm³/mol. The first kappa shape index (κ1) is 16.3. The van der Waals surface area contributed by atoms with Crippen LogP contribution in [0.4, 0.5) is 11.6 Å². The first-order chi connectivity index (χ1) is 13.2. The second-order valence-electron chi connectivity index (χ2n) is 7.39. The molecule has 6 rings (SSSR count). The van der Waals surface area contributed by atoms with Gasteiger partial charge in [0.25, 0.3) is 6.02 Å². The molecule has 1 N–H and O–H groups in total. The molecule has 8 heteroatoms. The summed E-state index contributed by atoms with van der Waals surface area (Å²) < 4.78 is 6.30. The van der Waals surface area contributed by atoms with Crippen LogP contribution in [0, 0.1) is 10.8 Å². The van der Waals surface area contributed by atoms with E-state index in [0.29, 0.717) is 24.3 Å². The Hall–Kier alpha value is -2.87. The molecule has 0 aliphatic carbocycles. The topological polar surface area (TPSA) is 92.1 Å². The number of fused-ring (bicyclic) bond motifs is 2. The molecule has 2 aromatic heterocycles. The first-order valence-electron chi connectivity index (χ1n) is 9.23. The van der Waals surface area contributed by atoms with E-state index in [1.165, 1.54) is 25.9 Å². The third-order valence-electron chi connectivity index (χ3n) is 5.78. The Morgan fingerprint density at radius 2 is 2.07 bits per heavy atom. The van der Waals surface area contributed by atoms with Crippen LogP contribution in [0.25, 0.3) is 11.1 Å². The van der Waals surface area contributed by atoms with Gasteiger partial charge in [-0.15, -0.1) is 4.91 Å². The van der Waals surface area contributed by atoms with Gasteiger partial charge in [0.05, 0.1) is 6.54 Å². The third kappa shape index (κ3) is 2.95. The number of nitrogens with one attached hydrogen (secondary N) is 1. The summed E-state index contributed by atoms with van der Waals surface area (Å²) in [5.41, 5.74) is 1.66. The molecule has 0 radical (unpaired) electrons. The number of nitroso groups, excluding NO2 is 1. The molecular weight excluding hydrogens is 344 g/mol. The molecule has 0 aromatic carbocycles. The van der Waals surface area contributed by atoms with Crippen molar-refractivity contribution >= 4 is 17.7 Å². The Morgan fingerprint density at radius 1 is 1.19 bits per heavy atom. The normalized spacial score (nSPS) is 28.7. The Balaban J connectivity index is 1.31. The molecule has 4 aliphatic heterocycles. The van der Waals surface area contributed by atoms with Gasteiger partial charge in [0.2, 0.25) is 0 Å². The van der Waals surface area contributed by atoms with Gasteiger partial charge in [-0.3, -0.25) is 10.2 Å². The molecule has 1 atom stereocenters. The van der Waals surface area contributed by atoms with Gasteiger partial charge in [-0.05, 0) is 60.9 Å². The number of ether oxygens (including phenoxy) is 1. The number of nitrogens with zero attached hydrogens (tertiary/aromatic N) is 5. The summed E-state index contributed by atoms with van der Waals surface area (Å²) in [6, 6.07) is 7.76. The number of amidine groups is 1. The van der Waals surface area contributed by atoms with Crippen LogP contribution >= 0.6 is 0 Å². The maximum absolute atomic E-state index is 10.5. The fourth-order valence-electron chi connectivity index (χ4n) is 4.35. The van der Waals surface area contributed by atoms with Crippen molar-refractivity contribution in [2.75, 3.05) is 31.5 Å². The Morgan fingerprint density at radius 3 is 2.78 bits per heavy atom. The lowest BCUT2D eigenvalue weighted by Crippen LogP contribution is -2.61. The highest BCUT2D eigenvalue weighted by molar-refractivity contribution is 5.90. The maximum Gasteiger partial charge on any atom is 0.291 e. The van der Waals surface area contributed by atoms with Crippen LogP contribution in [0.3, 0.4) is 0 Å². The molecule has 3 fully saturated rings. The zero-order chi connectivity index (χ0) is 18.3. The molecule has 0 saturated carbocycles. The van der Waals surface area contributed by atoms with Gasteiger partial charge in [0, 0.05) is 30.4 Å². The molecule has 3 saturated heterocycles. The van der Waals surface area contributed by atoms with Crippen LogP contribution in [0.2, 0.25) is 0 Å².